The molecule has 1 fully saturated rings. The smallest absolute Gasteiger partial charge is 0.263 e. The Bertz CT molecular complexity index is 1170. The van der Waals surface area contributed by atoms with Gasteiger partial charge in [-0.3, -0.25) is 4.72 Å². The van der Waals surface area contributed by atoms with Gasteiger partial charge in [-0.1, -0.05) is 0 Å². The number of nitrogens with zero attached hydrogens (tertiary/aromatic N) is 3. The molecule has 1 saturated carbocycles. The van der Waals surface area contributed by atoms with Gasteiger partial charge >= 0.3 is 0 Å². The van der Waals surface area contributed by atoms with Crippen molar-refractivity contribution in [3.8, 4) is 17.6 Å². The molecule has 1 aliphatic rings. The minimum atomic E-state index is -3.92. The van der Waals surface area contributed by atoms with Crippen LogP contribution >= 0.6 is 11.5 Å². The number of hydrogen-bond donors (Lipinski definition) is 1. The normalized spacial score (nSPS) is 13.7. The molecule has 7 nitrogen and oxygen atoms in total. The molecule has 0 amide bonds. The molecule has 1 aliphatic carbocycles. The largest absolute Gasteiger partial charge is 0.456 e. The molecule has 0 saturated heterocycles. The number of aromatic nitrogens is 2. The van der Waals surface area contributed by atoms with Crippen LogP contribution in [-0.4, -0.2) is 17.8 Å². The van der Waals surface area contributed by atoms with Crippen molar-refractivity contribution < 1.29 is 17.5 Å². The van der Waals surface area contributed by atoms with Crippen LogP contribution in [0, 0.1) is 17.1 Å². The fraction of sp³-hybridized carbons (Fsp3) is 0.167. The number of anilines is 1. The Balaban J connectivity index is 1.64. The van der Waals surface area contributed by atoms with Crippen molar-refractivity contribution in [1.29, 1.82) is 5.26 Å². The number of rotatable bonds is 6. The molecule has 2 aromatic carbocycles. The molecular weight excluding hydrogens is 403 g/mol. The Hall–Kier alpha value is -3.03. The zero-order valence-corrected chi connectivity index (χ0v) is 15.9. The summed E-state index contributed by atoms with van der Waals surface area (Å²) in [5.41, 5.74) is 0.796. The quantitative estimate of drug-likeness (QED) is 0.651. The fourth-order valence-corrected chi connectivity index (χ4v) is 4.38. The third-order valence-corrected chi connectivity index (χ3v) is 6.22. The highest BCUT2D eigenvalue weighted by Gasteiger charge is 2.28. The second kappa shape index (κ2) is 7.18. The van der Waals surface area contributed by atoms with Gasteiger partial charge in [0.25, 0.3) is 10.0 Å². The maximum Gasteiger partial charge on any atom is 0.263 e. The summed E-state index contributed by atoms with van der Waals surface area (Å²) in [6.07, 6.45) is 3.15. The minimum Gasteiger partial charge on any atom is -0.456 e. The van der Waals surface area contributed by atoms with Gasteiger partial charge in [-0.2, -0.15) is 9.64 Å². The van der Waals surface area contributed by atoms with Gasteiger partial charge in [-0.25, -0.2) is 17.8 Å². The van der Waals surface area contributed by atoms with Gasteiger partial charge in [-0.15, -0.1) is 0 Å². The lowest BCUT2D eigenvalue weighted by atomic mass is 10.1. The van der Waals surface area contributed by atoms with E-state index in [0.29, 0.717) is 5.75 Å². The van der Waals surface area contributed by atoms with Crippen LogP contribution in [0.25, 0.3) is 0 Å². The third-order valence-electron chi connectivity index (χ3n) is 4.17. The molecule has 142 valence electrons. The SMILES string of the molecule is N#Cc1cc(S(=O)(=O)Nc2ncns2)ccc1Oc1ccc(F)cc1C1CC1. The second-order valence-electron chi connectivity index (χ2n) is 6.18. The van der Waals surface area contributed by atoms with E-state index >= 15 is 0 Å². The predicted molar refractivity (Wildman–Crippen MR) is 100 cm³/mol. The summed E-state index contributed by atoms with van der Waals surface area (Å²) in [6.45, 7) is 0. The number of benzene rings is 2. The highest BCUT2D eigenvalue weighted by Crippen LogP contribution is 2.45. The van der Waals surface area contributed by atoms with E-state index in [-0.39, 0.29) is 33.1 Å². The lowest BCUT2D eigenvalue weighted by Crippen LogP contribution is -2.13. The maximum absolute atomic E-state index is 13.6. The van der Waals surface area contributed by atoms with Crippen LogP contribution in [0.1, 0.15) is 29.9 Å². The van der Waals surface area contributed by atoms with Gasteiger partial charge in [0.1, 0.15) is 29.7 Å². The average Bonchev–Trinajstić information content (AvgIpc) is 3.40. The first-order valence-corrected chi connectivity index (χ1v) is 10.5. The van der Waals surface area contributed by atoms with E-state index in [0.717, 1.165) is 29.9 Å². The molecule has 0 unspecified atom stereocenters. The second-order valence-corrected chi connectivity index (χ2v) is 8.64. The zero-order chi connectivity index (χ0) is 19.7. The molecule has 1 aromatic heterocycles. The molecule has 0 bridgehead atoms. The van der Waals surface area contributed by atoms with Crippen LogP contribution < -0.4 is 9.46 Å². The van der Waals surface area contributed by atoms with Crippen molar-refractivity contribution >= 4 is 26.7 Å². The number of halogens is 1. The minimum absolute atomic E-state index is 0.0474. The van der Waals surface area contributed by atoms with Crippen molar-refractivity contribution in [3.05, 3.63) is 59.7 Å². The van der Waals surface area contributed by atoms with Crippen LogP contribution in [0.5, 0.6) is 11.5 Å². The van der Waals surface area contributed by atoms with E-state index in [4.69, 9.17) is 4.74 Å². The Morgan fingerprint density at radius 2 is 2.00 bits per heavy atom. The van der Waals surface area contributed by atoms with Crippen molar-refractivity contribution in [2.24, 2.45) is 0 Å². The molecule has 0 radical (unpaired) electrons. The molecule has 1 N–H and O–H groups in total. The number of sulfonamides is 1. The fourth-order valence-electron chi connectivity index (χ4n) is 2.69. The first-order valence-electron chi connectivity index (χ1n) is 8.27. The summed E-state index contributed by atoms with van der Waals surface area (Å²) >= 11 is 0.899. The van der Waals surface area contributed by atoms with Gasteiger partial charge in [0.05, 0.1) is 10.5 Å². The summed E-state index contributed by atoms with van der Waals surface area (Å²) in [4.78, 5) is 3.68. The number of ether oxygens (including phenoxy) is 1. The Morgan fingerprint density at radius 1 is 1.21 bits per heavy atom. The summed E-state index contributed by atoms with van der Waals surface area (Å²) < 4.78 is 50.4. The molecular formula is C18H13FN4O3S2. The van der Waals surface area contributed by atoms with E-state index in [1.807, 2.05) is 6.07 Å². The van der Waals surface area contributed by atoms with Gasteiger partial charge in [-0.05, 0) is 55.2 Å². The van der Waals surface area contributed by atoms with E-state index < -0.39 is 10.0 Å². The lowest BCUT2D eigenvalue weighted by Gasteiger charge is -2.13. The standard InChI is InChI=1S/C18H13FN4O3S2/c19-13-3-5-17(15(8-13)11-1-2-11)26-16-6-4-14(7-12(16)9-20)28(24,25)23-18-21-10-22-27-18/h3-8,10-11H,1-2H2,(H,21,22,23). The molecule has 10 heteroatoms. The van der Waals surface area contributed by atoms with Crippen LogP contribution in [0.3, 0.4) is 0 Å². The van der Waals surface area contributed by atoms with Crippen LogP contribution in [-0.2, 0) is 10.0 Å². The first-order chi connectivity index (χ1) is 13.5. The first kappa shape index (κ1) is 18.3. The zero-order valence-electron chi connectivity index (χ0n) is 14.3. The van der Waals surface area contributed by atoms with Crippen LogP contribution in [0.2, 0.25) is 0 Å². The van der Waals surface area contributed by atoms with Gasteiger partial charge in [0, 0.05) is 17.1 Å². The number of nitrogens with one attached hydrogen (secondary N) is 1. The van der Waals surface area contributed by atoms with Crippen LogP contribution in [0.4, 0.5) is 9.52 Å². The summed E-state index contributed by atoms with van der Waals surface area (Å²) in [7, 11) is -3.92. The highest BCUT2D eigenvalue weighted by molar-refractivity contribution is 7.93. The van der Waals surface area contributed by atoms with Gasteiger partial charge in [0.15, 0.2) is 0 Å². The third kappa shape index (κ3) is 3.81. The molecule has 0 aliphatic heterocycles. The molecule has 28 heavy (non-hydrogen) atoms. The average molecular weight is 416 g/mol. The van der Waals surface area contributed by atoms with Crippen LogP contribution in [0.15, 0.2) is 47.6 Å². The topological polar surface area (TPSA) is 105 Å². The summed E-state index contributed by atoms with van der Waals surface area (Å²) in [6, 6.07) is 10.2. The Morgan fingerprint density at radius 3 is 2.68 bits per heavy atom. The Labute approximate surface area is 164 Å². The van der Waals surface area contributed by atoms with Crippen molar-refractivity contribution in [1.82, 2.24) is 9.36 Å². The summed E-state index contributed by atoms with van der Waals surface area (Å²) in [5.74, 6) is 0.555. The highest BCUT2D eigenvalue weighted by atomic mass is 32.2. The van der Waals surface area contributed by atoms with E-state index in [2.05, 4.69) is 14.1 Å². The predicted octanol–water partition coefficient (Wildman–Crippen LogP) is 4.02. The Kier molecular flexibility index (Phi) is 4.70. The number of nitriles is 1. The van der Waals surface area contributed by atoms with Gasteiger partial charge < -0.3 is 4.74 Å². The molecule has 1 heterocycles. The molecule has 4 rings (SSSR count). The van der Waals surface area contributed by atoms with Crippen molar-refractivity contribution in [3.63, 3.8) is 0 Å². The maximum atomic E-state index is 13.6. The van der Waals surface area contributed by atoms with E-state index in [9.17, 15) is 18.1 Å². The van der Waals surface area contributed by atoms with Crippen molar-refractivity contribution in [2.45, 2.75) is 23.7 Å². The summed E-state index contributed by atoms with van der Waals surface area (Å²) in [5, 5.41) is 9.58. The molecule has 0 atom stereocenters. The lowest BCUT2D eigenvalue weighted by molar-refractivity contribution is 0.472. The monoisotopic (exact) mass is 416 g/mol. The van der Waals surface area contributed by atoms with Crippen molar-refractivity contribution in [2.75, 3.05) is 4.72 Å². The van der Waals surface area contributed by atoms with E-state index in [1.54, 1.807) is 0 Å². The number of hydrogen-bond acceptors (Lipinski definition) is 7. The van der Waals surface area contributed by atoms with E-state index in [1.165, 1.54) is 42.7 Å². The molecule has 3 aromatic rings. The molecule has 0 spiro atoms. The van der Waals surface area contributed by atoms with Gasteiger partial charge in [0.2, 0.25) is 5.13 Å².